The van der Waals surface area contributed by atoms with E-state index in [2.05, 4.69) is 25.9 Å². The normalized spacial score (nSPS) is 11.2. The van der Waals surface area contributed by atoms with Crippen LogP contribution in [-0.2, 0) is 6.42 Å². The number of H-pyrrole nitrogens is 1. The third-order valence-electron chi connectivity index (χ3n) is 2.99. The lowest BCUT2D eigenvalue weighted by Crippen LogP contribution is -1.93. The number of imidazole rings is 1. The Balaban J connectivity index is 1.98. The fourth-order valence-corrected chi connectivity index (χ4v) is 2.56. The van der Waals surface area contributed by atoms with E-state index in [1.54, 1.807) is 6.07 Å². The van der Waals surface area contributed by atoms with Gasteiger partial charge >= 0.3 is 0 Å². The molecule has 0 saturated carbocycles. The van der Waals surface area contributed by atoms with Crippen LogP contribution in [0.4, 0.5) is 14.5 Å². The van der Waals surface area contributed by atoms with Gasteiger partial charge in [-0.2, -0.15) is 0 Å². The van der Waals surface area contributed by atoms with Crippen molar-refractivity contribution >= 4 is 32.7 Å². The Kier molecular flexibility index (Phi) is 3.17. The van der Waals surface area contributed by atoms with Crippen LogP contribution >= 0.6 is 15.9 Å². The van der Waals surface area contributed by atoms with Crippen molar-refractivity contribution in [2.45, 2.75) is 6.42 Å². The van der Waals surface area contributed by atoms with Crippen molar-refractivity contribution in [2.75, 3.05) is 5.73 Å². The van der Waals surface area contributed by atoms with Crippen molar-refractivity contribution in [1.29, 1.82) is 0 Å². The minimum absolute atomic E-state index is 0.378. The van der Waals surface area contributed by atoms with Crippen LogP contribution in [-0.4, -0.2) is 9.97 Å². The molecule has 0 aliphatic carbocycles. The molecule has 0 aliphatic heterocycles. The van der Waals surface area contributed by atoms with E-state index in [9.17, 15) is 8.78 Å². The van der Waals surface area contributed by atoms with Crippen molar-refractivity contribution in [3.63, 3.8) is 0 Å². The third kappa shape index (κ3) is 2.38. The molecule has 1 heterocycles. The summed E-state index contributed by atoms with van der Waals surface area (Å²) in [7, 11) is 0. The van der Waals surface area contributed by atoms with E-state index < -0.39 is 11.6 Å². The number of rotatable bonds is 2. The summed E-state index contributed by atoms with van der Waals surface area (Å²) in [4.78, 5) is 7.51. The predicted octanol–water partition coefficient (Wildman–Crippen LogP) is 3.78. The van der Waals surface area contributed by atoms with E-state index in [-0.39, 0.29) is 0 Å². The van der Waals surface area contributed by atoms with Crippen LogP contribution in [0, 0.1) is 11.6 Å². The molecule has 3 N–H and O–H groups in total. The minimum atomic E-state index is -0.860. The largest absolute Gasteiger partial charge is 0.397 e. The summed E-state index contributed by atoms with van der Waals surface area (Å²) < 4.78 is 26.9. The van der Waals surface area contributed by atoms with Crippen LogP contribution < -0.4 is 5.73 Å². The van der Waals surface area contributed by atoms with Crippen LogP contribution in [0.25, 0.3) is 11.0 Å². The second-order valence-electron chi connectivity index (χ2n) is 4.50. The van der Waals surface area contributed by atoms with Crippen LogP contribution in [0.5, 0.6) is 0 Å². The first kappa shape index (κ1) is 13.1. The number of nitrogen functional groups attached to an aromatic ring is 1. The van der Waals surface area contributed by atoms with Gasteiger partial charge in [0.05, 0.1) is 11.2 Å². The Morgan fingerprint density at radius 2 is 1.95 bits per heavy atom. The summed E-state index contributed by atoms with van der Waals surface area (Å²) >= 11 is 3.36. The number of hydrogen-bond acceptors (Lipinski definition) is 2. The number of nitrogens with two attached hydrogens (primary N) is 1. The Labute approximate surface area is 122 Å². The lowest BCUT2D eigenvalue weighted by atomic mass is 10.1. The zero-order valence-corrected chi connectivity index (χ0v) is 11.8. The van der Waals surface area contributed by atoms with Crippen molar-refractivity contribution in [3.05, 3.63) is 57.8 Å². The molecule has 0 spiro atoms. The Morgan fingerprint density at radius 3 is 2.70 bits per heavy atom. The summed E-state index contributed by atoms with van der Waals surface area (Å²) in [6.07, 6.45) is 0.378. The highest BCUT2D eigenvalue weighted by molar-refractivity contribution is 9.10. The molecule has 3 rings (SSSR count). The van der Waals surface area contributed by atoms with Gasteiger partial charge in [0.2, 0.25) is 0 Å². The number of aromatic nitrogens is 2. The number of fused-ring (bicyclic) bond motifs is 1. The lowest BCUT2D eigenvalue weighted by Gasteiger charge is -1.99. The zero-order valence-electron chi connectivity index (χ0n) is 10.3. The van der Waals surface area contributed by atoms with Crippen molar-refractivity contribution < 1.29 is 8.78 Å². The molecule has 3 aromatic rings. The molecule has 0 fully saturated rings. The van der Waals surface area contributed by atoms with Gasteiger partial charge in [-0.15, -0.1) is 0 Å². The molecule has 0 bridgehead atoms. The monoisotopic (exact) mass is 337 g/mol. The van der Waals surface area contributed by atoms with Crippen LogP contribution in [0.3, 0.4) is 0 Å². The molecule has 0 unspecified atom stereocenters. The molecule has 0 aliphatic rings. The highest BCUT2D eigenvalue weighted by Gasteiger charge is 2.09. The van der Waals surface area contributed by atoms with E-state index in [4.69, 9.17) is 5.73 Å². The van der Waals surface area contributed by atoms with Crippen molar-refractivity contribution in [1.82, 2.24) is 9.97 Å². The first-order chi connectivity index (χ1) is 9.52. The molecule has 0 atom stereocenters. The molecule has 0 radical (unpaired) electrons. The second kappa shape index (κ2) is 4.86. The summed E-state index contributed by atoms with van der Waals surface area (Å²) in [5.41, 5.74) is 8.56. The smallest absolute Gasteiger partial charge is 0.159 e. The van der Waals surface area contributed by atoms with E-state index in [0.717, 1.165) is 16.1 Å². The molecule has 20 heavy (non-hydrogen) atoms. The van der Waals surface area contributed by atoms with Gasteiger partial charge in [0.1, 0.15) is 11.3 Å². The predicted molar refractivity (Wildman–Crippen MR) is 77.4 cm³/mol. The number of aromatic amines is 1. The molecular weight excluding hydrogens is 328 g/mol. The molecule has 0 amide bonds. The number of benzene rings is 2. The van der Waals surface area contributed by atoms with Crippen molar-refractivity contribution in [2.24, 2.45) is 0 Å². The molecule has 1 aromatic heterocycles. The van der Waals surface area contributed by atoms with E-state index in [0.29, 0.717) is 29.0 Å². The van der Waals surface area contributed by atoms with E-state index in [1.165, 1.54) is 12.1 Å². The maximum absolute atomic E-state index is 13.2. The fraction of sp³-hybridized carbons (Fsp3) is 0.0714. The molecule has 102 valence electrons. The SMILES string of the molecule is Nc1cc(Br)cc2[nH]c(Cc3ccc(F)c(F)c3)nc12. The van der Waals surface area contributed by atoms with Gasteiger partial charge in [-0.05, 0) is 29.8 Å². The second-order valence-corrected chi connectivity index (χ2v) is 5.42. The Hall–Kier alpha value is -1.95. The maximum Gasteiger partial charge on any atom is 0.159 e. The van der Waals surface area contributed by atoms with Gasteiger partial charge in [0.15, 0.2) is 11.6 Å². The topological polar surface area (TPSA) is 54.7 Å². The van der Waals surface area contributed by atoms with Gasteiger partial charge in [-0.3, -0.25) is 0 Å². The Bertz CT molecular complexity index is 798. The summed E-state index contributed by atoms with van der Waals surface area (Å²) in [6.45, 7) is 0. The minimum Gasteiger partial charge on any atom is -0.397 e. The first-order valence-corrected chi connectivity index (χ1v) is 6.70. The number of nitrogens with one attached hydrogen (secondary N) is 1. The van der Waals surface area contributed by atoms with Crippen LogP contribution in [0.2, 0.25) is 0 Å². The molecule has 0 saturated heterocycles. The number of anilines is 1. The summed E-state index contributed by atoms with van der Waals surface area (Å²) in [5, 5.41) is 0. The molecule has 6 heteroatoms. The maximum atomic E-state index is 13.2. The average Bonchev–Trinajstić information content (AvgIpc) is 2.76. The molecule has 2 aromatic carbocycles. The van der Waals surface area contributed by atoms with E-state index >= 15 is 0 Å². The van der Waals surface area contributed by atoms with Gasteiger partial charge in [0, 0.05) is 10.9 Å². The highest BCUT2D eigenvalue weighted by atomic mass is 79.9. The fourth-order valence-electron chi connectivity index (χ4n) is 2.09. The van der Waals surface area contributed by atoms with Gasteiger partial charge in [-0.25, -0.2) is 13.8 Å². The lowest BCUT2D eigenvalue weighted by molar-refractivity contribution is 0.507. The summed E-state index contributed by atoms with van der Waals surface area (Å²) in [6, 6.07) is 7.45. The number of nitrogens with zero attached hydrogens (tertiary/aromatic N) is 1. The van der Waals surface area contributed by atoms with E-state index in [1.807, 2.05) is 6.07 Å². The molecule has 3 nitrogen and oxygen atoms in total. The quantitative estimate of drug-likeness (QED) is 0.699. The standard InChI is InChI=1S/C14H10BrF2N3/c15-8-5-11(18)14-12(6-8)19-13(20-14)4-7-1-2-9(16)10(17)3-7/h1-3,5-6H,4,18H2,(H,19,20). The van der Waals surface area contributed by atoms with Crippen molar-refractivity contribution in [3.8, 4) is 0 Å². The number of hydrogen-bond donors (Lipinski definition) is 2. The number of halogens is 3. The zero-order chi connectivity index (χ0) is 14.3. The van der Waals surface area contributed by atoms with Crippen LogP contribution in [0.15, 0.2) is 34.8 Å². The first-order valence-electron chi connectivity index (χ1n) is 5.90. The third-order valence-corrected chi connectivity index (χ3v) is 3.44. The average molecular weight is 338 g/mol. The Morgan fingerprint density at radius 1 is 1.15 bits per heavy atom. The highest BCUT2D eigenvalue weighted by Crippen LogP contribution is 2.25. The van der Waals surface area contributed by atoms with Gasteiger partial charge in [0.25, 0.3) is 0 Å². The van der Waals surface area contributed by atoms with Gasteiger partial charge in [-0.1, -0.05) is 22.0 Å². The van der Waals surface area contributed by atoms with Crippen LogP contribution in [0.1, 0.15) is 11.4 Å². The van der Waals surface area contributed by atoms with Gasteiger partial charge < -0.3 is 10.7 Å². The summed E-state index contributed by atoms with van der Waals surface area (Å²) in [5.74, 6) is -1.07. The molecular formula is C14H10BrF2N3.